The quantitative estimate of drug-likeness (QED) is 0.492. The van der Waals surface area contributed by atoms with E-state index in [1.165, 1.54) is 27.8 Å². The van der Waals surface area contributed by atoms with Gasteiger partial charge in [0.2, 0.25) is 0 Å². The highest BCUT2D eigenvalue weighted by molar-refractivity contribution is 6.03. The topological polar surface area (TPSA) is 39.2 Å². The van der Waals surface area contributed by atoms with Crippen LogP contribution < -0.4 is 0 Å². The molecule has 0 bridgehead atoms. The van der Waals surface area contributed by atoms with Crippen molar-refractivity contribution in [1.29, 1.82) is 0 Å². The number of nitrogens with zero attached hydrogens (tertiary/aromatic N) is 4. The Morgan fingerprint density at radius 1 is 0.833 bits per heavy atom. The molecule has 1 amide bonds. The van der Waals surface area contributed by atoms with Gasteiger partial charge in [0.05, 0.1) is 18.3 Å². The van der Waals surface area contributed by atoms with Gasteiger partial charge < -0.3 is 0 Å². The molecular weight excluding hydrogens is 444 g/mol. The first-order valence-corrected chi connectivity index (χ1v) is 13.0. The molecule has 2 heterocycles. The Morgan fingerprint density at radius 3 is 2.31 bits per heavy atom. The number of hydrazone groups is 1. The monoisotopic (exact) mass is 480 g/mol. The predicted molar refractivity (Wildman–Crippen MR) is 146 cm³/mol. The zero-order valence-corrected chi connectivity index (χ0v) is 21.7. The van der Waals surface area contributed by atoms with E-state index < -0.39 is 0 Å². The van der Waals surface area contributed by atoms with Gasteiger partial charge in [-0.25, -0.2) is 5.01 Å². The van der Waals surface area contributed by atoms with E-state index in [0.29, 0.717) is 6.54 Å². The summed E-state index contributed by atoms with van der Waals surface area (Å²) >= 11 is 0. The van der Waals surface area contributed by atoms with E-state index in [4.69, 9.17) is 5.10 Å². The fourth-order valence-electron chi connectivity index (χ4n) is 5.31. The lowest BCUT2D eigenvalue weighted by atomic mass is 9.93. The van der Waals surface area contributed by atoms with E-state index in [9.17, 15) is 4.79 Å². The number of hydrogen-bond acceptors (Lipinski definition) is 4. The lowest BCUT2D eigenvalue weighted by Gasteiger charge is -2.35. The van der Waals surface area contributed by atoms with Crippen molar-refractivity contribution in [2.45, 2.75) is 39.8 Å². The third kappa shape index (κ3) is 5.58. The minimum absolute atomic E-state index is 0.0627. The van der Waals surface area contributed by atoms with Gasteiger partial charge in [-0.1, -0.05) is 83.9 Å². The number of rotatable bonds is 6. The molecular formula is C31H36N4O. The van der Waals surface area contributed by atoms with Crippen LogP contribution in [0.3, 0.4) is 0 Å². The molecule has 0 N–H and O–H groups in total. The van der Waals surface area contributed by atoms with Gasteiger partial charge >= 0.3 is 0 Å². The highest BCUT2D eigenvalue weighted by Crippen LogP contribution is 2.35. The molecule has 0 radical (unpaired) electrons. The van der Waals surface area contributed by atoms with Crippen LogP contribution in [0.4, 0.5) is 0 Å². The zero-order chi connectivity index (χ0) is 25.1. The van der Waals surface area contributed by atoms with Crippen LogP contribution in [0.5, 0.6) is 0 Å². The highest BCUT2D eigenvalue weighted by atomic mass is 16.2. The van der Waals surface area contributed by atoms with Crippen molar-refractivity contribution < 1.29 is 4.79 Å². The van der Waals surface area contributed by atoms with Gasteiger partial charge in [0.15, 0.2) is 0 Å². The fourth-order valence-corrected chi connectivity index (χ4v) is 5.31. The van der Waals surface area contributed by atoms with Gasteiger partial charge in [-0.3, -0.25) is 14.6 Å². The lowest BCUT2D eigenvalue weighted by molar-refractivity contribution is -0.134. The minimum Gasteiger partial charge on any atom is -0.297 e. The van der Waals surface area contributed by atoms with E-state index in [1.54, 1.807) is 5.01 Å². The third-order valence-corrected chi connectivity index (χ3v) is 7.38. The highest BCUT2D eigenvalue weighted by Gasteiger charge is 2.35. The van der Waals surface area contributed by atoms with Crippen molar-refractivity contribution in [3.8, 4) is 0 Å². The molecule has 0 aromatic heterocycles. The average Bonchev–Trinajstić information content (AvgIpc) is 3.33. The molecule has 1 fully saturated rings. The van der Waals surface area contributed by atoms with Crippen molar-refractivity contribution in [1.82, 2.24) is 14.8 Å². The molecule has 0 aliphatic carbocycles. The Morgan fingerprint density at radius 2 is 1.56 bits per heavy atom. The first-order chi connectivity index (χ1) is 17.5. The summed E-state index contributed by atoms with van der Waals surface area (Å²) in [5.74, 6) is 0.0834. The summed E-state index contributed by atoms with van der Waals surface area (Å²) in [6.45, 7) is 11.5. The maximum absolute atomic E-state index is 13.7. The minimum atomic E-state index is -0.0627. The van der Waals surface area contributed by atoms with E-state index in [0.717, 1.165) is 50.4 Å². The lowest BCUT2D eigenvalue weighted by Crippen LogP contribution is -2.49. The standard InChI is InChI=1S/C31H36N4O/c1-23-8-7-11-27(18-23)29-20-30(28-19-24(2)12-13-25(28)3)35(32-29)31(36)22-34-16-14-33(15-17-34)21-26-9-5-4-6-10-26/h4-13,18-19,30H,14-17,20-22H2,1-3H3/t30-/m1/s1. The number of carbonyl (C=O) groups excluding carboxylic acids is 1. The third-order valence-electron chi connectivity index (χ3n) is 7.38. The largest absolute Gasteiger partial charge is 0.297 e. The molecule has 0 saturated carbocycles. The average molecular weight is 481 g/mol. The Bertz CT molecular complexity index is 1240. The number of aryl methyl sites for hydroxylation is 3. The van der Waals surface area contributed by atoms with Crippen molar-refractivity contribution >= 4 is 11.6 Å². The van der Waals surface area contributed by atoms with Gasteiger partial charge in [0, 0.05) is 39.1 Å². The Labute approximate surface area is 215 Å². The van der Waals surface area contributed by atoms with Gasteiger partial charge in [0.1, 0.15) is 0 Å². The molecule has 2 aliphatic heterocycles. The van der Waals surface area contributed by atoms with Gasteiger partial charge in [0.25, 0.3) is 5.91 Å². The van der Waals surface area contributed by atoms with Crippen LogP contribution in [-0.4, -0.2) is 59.2 Å². The van der Waals surface area contributed by atoms with Gasteiger partial charge in [-0.05, 0) is 43.0 Å². The summed E-state index contributed by atoms with van der Waals surface area (Å²) in [4.78, 5) is 18.4. The summed E-state index contributed by atoms with van der Waals surface area (Å²) in [5, 5.41) is 6.70. The number of benzene rings is 3. The molecule has 1 atom stereocenters. The van der Waals surface area contributed by atoms with Crippen LogP contribution >= 0.6 is 0 Å². The van der Waals surface area contributed by atoms with E-state index >= 15 is 0 Å². The fraction of sp³-hybridized carbons (Fsp3) is 0.355. The SMILES string of the molecule is Cc1cccc(C2=NN(C(=O)CN3CCN(Cc4ccccc4)CC3)[C@@H](c3cc(C)ccc3C)C2)c1. The normalized spacial score (nSPS) is 18.9. The van der Waals surface area contributed by atoms with Crippen LogP contribution in [-0.2, 0) is 11.3 Å². The van der Waals surface area contributed by atoms with Crippen molar-refractivity contribution in [2.24, 2.45) is 5.10 Å². The first kappa shape index (κ1) is 24.4. The number of piperazine rings is 1. The Hall–Kier alpha value is -3.28. The molecule has 1 saturated heterocycles. The van der Waals surface area contributed by atoms with E-state index in [1.807, 2.05) is 0 Å². The smallest absolute Gasteiger partial charge is 0.257 e. The Balaban J connectivity index is 1.30. The van der Waals surface area contributed by atoms with E-state index in [-0.39, 0.29) is 11.9 Å². The summed E-state index contributed by atoms with van der Waals surface area (Å²) in [7, 11) is 0. The van der Waals surface area contributed by atoms with Crippen molar-refractivity contribution in [3.05, 3.63) is 106 Å². The van der Waals surface area contributed by atoms with Crippen LogP contribution in [0, 0.1) is 20.8 Å². The second kappa shape index (κ2) is 10.8. The molecule has 2 aliphatic rings. The molecule has 186 valence electrons. The first-order valence-electron chi connectivity index (χ1n) is 13.0. The molecule has 0 spiro atoms. The number of carbonyl (C=O) groups is 1. The van der Waals surface area contributed by atoms with Crippen molar-refractivity contribution in [2.75, 3.05) is 32.7 Å². The summed E-state index contributed by atoms with van der Waals surface area (Å²) in [5.41, 5.74) is 8.26. The molecule has 36 heavy (non-hydrogen) atoms. The van der Waals surface area contributed by atoms with Crippen LogP contribution in [0.15, 0.2) is 77.9 Å². The summed E-state index contributed by atoms with van der Waals surface area (Å²) in [6, 6.07) is 25.5. The zero-order valence-electron chi connectivity index (χ0n) is 21.7. The van der Waals surface area contributed by atoms with Crippen LogP contribution in [0.2, 0.25) is 0 Å². The summed E-state index contributed by atoms with van der Waals surface area (Å²) in [6.07, 6.45) is 0.740. The summed E-state index contributed by atoms with van der Waals surface area (Å²) < 4.78 is 0. The van der Waals surface area contributed by atoms with Crippen molar-refractivity contribution in [3.63, 3.8) is 0 Å². The molecule has 5 rings (SSSR count). The van der Waals surface area contributed by atoms with Crippen LogP contribution in [0.25, 0.3) is 0 Å². The Kier molecular flexibility index (Phi) is 7.30. The molecule has 0 unspecified atom stereocenters. The number of amides is 1. The molecule has 5 heteroatoms. The van der Waals surface area contributed by atoms with Crippen LogP contribution in [0.1, 0.15) is 45.8 Å². The van der Waals surface area contributed by atoms with Gasteiger partial charge in [-0.2, -0.15) is 5.10 Å². The molecule has 5 nitrogen and oxygen atoms in total. The molecule has 3 aromatic rings. The number of hydrogen-bond donors (Lipinski definition) is 0. The van der Waals surface area contributed by atoms with Gasteiger partial charge in [-0.15, -0.1) is 0 Å². The van der Waals surface area contributed by atoms with E-state index in [2.05, 4.69) is 103 Å². The predicted octanol–water partition coefficient (Wildman–Crippen LogP) is 5.11. The maximum Gasteiger partial charge on any atom is 0.257 e. The maximum atomic E-state index is 13.7. The second-order valence-corrected chi connectivity index (χ2v) is 10.3. The second-order valence-electron chi connectivity index (χ2n) is 10.3. The molecule has 3 aromatic carbocycles.